The maximum Gasteiger partial charge on any atom is 0.191 e. The van der Waals surface area contributed by atoms with Gasteiger partial charge in [0.05, 0.1) is 19.4 Å². The Morgan fingerprint density at radius 2 is 1.86 bits per heavy atom. The summed E-state index contributed by atoms with van der Waals surface area (Å²) in [6.45, 7) is 3.29. The van der Waals surface area contributed by atoms with E-state index in [0.717, 1.165) is 43.5 Å². The van der Waals surface area contributed by atoms with E-state index < -0.39 is 0 Å². The van der Waals surface area contributed by atoms with Gasteiger partial charge < -0.3 is 25.0 Å². The number of benzene rings is 2. The summed E-state index contributed by atoms with van der Waals surface area (Å²) in [6, 6.07) is 17.0. The van der Waals surface area contributed by atoms with Crippen molar-refractivity contribution in [1.82, 2.24) is 10.6 Å². The first-order valence-corrected chi connectivity index (χ1v) is 9.65. The van der Waals surface area contributed by atoms with Crippen LogP contribution in [0.2, 0.25) is 0 Å². The molecule has 1 heterocycles. The van der Waals surface area contributed by atoms with Gasteiger partial charge in [0.15, 0.2) is 5.96 Å². The molecule has 0 aromatic heterocycles. The number of hydrogen-bond acceptors (Lipinski definition) is 4. The number of para-hydroxylation sites is 2. The smallest absolute Gasteiger partial charge is 0.191 e. The maximum absolute atomic E-state index is 5.50. The van der Waals surface area contributed by atoms with Crippen molar-refractivity contribution in [3.8, 4) is 5.75 Å². The molecule has 2 aromatic rings. The average molecular weight is 383 g/mol. The van der Waals surface area contributed by atoms with E-state index in [-0.39, 0.29) is 0 Å². The Labute approximate surface area is 167 Å². The summed E-state index contributed by atoms with van der Waals surface area (Å²) >= 11 is 0. The highest BCUT2D eigenvalue weighted by Crippen LogP contribution is 2.30. The van der Waals surface area contributed by atoms with Crippen LogP contribution in [0.3, 0.4) is 0 Å². The minimum Gasteiger partial charge on any atom is -0.495 e. The molecule has 1 aliphatic rings. The minimum absolute atomic E-state index is 0.347. The van der Waals surface area contributed by atoms with Gasteiger partial charge in [-0.15, -0.1) is 0 Å². The van der Waals surface area contributed by atoms with Crippen LogP contribution in [0.4, 0.5) is 5.69 Å². The van der Waals surface area contributed by atoms with Crippen LogP contribution >= 0.6 is 0 Å². The molecule has 0 amide bonds. The number of ether oxygens (including phenoxy) is 2. The molecule has 1 aliphatic heterocycles. The fraction of sp³-hybridized carbons (Fsp3) is 0.409. The fourth-order valence-electron chi connectivity index (χ4n) is 3.48. The summed E-state index contributed by atoms with van der Waals surface area (Å²) in [4.78, 5) is 6.74. The van der Waals surface area contributed by atoms with Crippen LogP contribution in [-0.2, 0) is 17.9 Å². The third-order valence-electron chi connectivity index (χ3n) is 4.97. The van der Waals surface area contributed by atoms with Crippen molar-refractivity contribution < 1.29 is 9.47 Å². The molecule has 0 saturated carbocycles. The molecular formula is C22H30N4O2. The summed E-state index contributed by atoms with van der Waals surface area (Å²) in [5.74, 6) is 1.75. The lowest BCUT2D eigenvalue weighted by Crippen LogP contribution is -2.44. The Morgan fingerprint density at radius 1 is 1.11 bits per heavy atom. The third-order valence-corrected chi connectivity index (χ3v) is 4.97. The summed E-state index contributed by atoms with van der Waals surface area (Å²) in [5, 5.41) is 6.95. The number of nitrogens with zero attached hydrogens (tertiary/aromatic N) is 2. The molecule has 3 rings (SSSR count). The number of aliphatic imine (C=N–C) groups is 1. The van der Waals surface area contributed by atoms with E-state index in [0.29, 0.717) is 12.6 Å². The predicted molar refractivity (Wildman–Crippen MR) is 114 cm³/mol. The number of hydrogen-bond donors (Lipinski definition) is 2. The van der Waals surface area contributed by atoms with Gasteiger partial charge in [0.1, 0.15) is 5.75 Å². The van der Waals surface area contributed by atoms with Crippen molar-refractivity contribution in [3.05, 3.63) is 59.7 Å². The first-order chi connectivity index (χ1) is 13.7. The molecule has 6 heteroatoms. The van der Waals surface area contributed by atoms with Gasteiger partial charge in [0.2, 0.25) is 0 Å². The molecule has 150 valence electrons. The van der Waals surface area contributed by atoms with E-state index in [1.807, 2.05) is 19.2 Å². The molecule has 2 aromatic carbocycles. The largest absolute Gasteiger partial charge is 0.495 e. The highest BCUT2D eigenvalue weighted by atomic mass is 16.5. The van der Waals surface area contributed by atoms with E-state index in [1.54, 1.807) is 14.2 Å². The first-order valence-electron chi connectivity index (χ1n) is 9.65. The van der Waals surface area contributed by atoms with Crippen molar-refractivity contribution in [2.75, 3.05) is 39.3 Å². The molecular weight excluding hydrogens is 352 g/mol. The normalized spacial score (nSPS) is 16.9. The standard InChI is InChI=1S/C22H30N4O2/c1-23-22(24-14-17-8-10-18(11-9-17)16-27-2)25-19-12-13-26(15-19)20-6-4-5-7-21(20)28-3/h4-11,19H,12-16H2,1-3H3,(H2,23,24,25). The molecule has 1 fully saturated rings. The van der Waals surface area contributed by atoms with Crippen LogP contribution in [0.25, 0.3) is 0 Å². The topological polar surface area (TPSA) is 58.1 Å². The number of nitrogens with one attached hydrogen (secondary N) is 2. The average Bonchev–Trinajstić information content (AvgIpc) is 3.20. The van der Waals surface area contributed by atoms with Crippen molar-refractivity contribution in [2.45, 2.75) is 25.6 Å². The van der Waals surface area contributed by atoms with Crippen LogP contribution in [0.5, 0.6) is 5.75 Å². The highest BCUT2D eigenvalue weighted by molar-refractivity contribution is 5.80. The van der Waals surface area contributed by atoms with Gasteiger partial charge in [0.25, 0.3) is 0 Å². The highest BCUT2D eigenvalue weighted by Gasteiger charge is 2.25. The van der Waals surface area contributed by atoms with Crippen LogP contribution in [0.1, 0.15) is 17.5 Å². The number of guanidine groups is 1. The summed E-state index contributed by atoms with van der Waals surface area (Å²) in [6.07, 6.45) is 1.06. The van der Waals surface area contributed by atoms with Crippen LogP contribution in [0, 0.1) is 0 Å². The van der Waals surface area contributed by atoms with E-state index in [1.165, 1.54) is 11.1 Å². The van der Waals surface area contributed by atoms with Gasteiger partial charge >= 0.3 is 0 Å². The second-order valence-electron chi connectivity index (χ2n) is 6.92. The van der Waals surface area contributed by atoms with Gasteiger partial charge in [-0.25, -0.2) is 0 Å². The Morgan fingerprint density at radius 3 is 2.57 bits per heavy atom. The molecule has 6 nitrogen and oxygen atoms in total. The lowest BCUT2D eigenvalue weighted by atomic mass is 10.1. The zero-order valence-electron chi connectivity index (χ0n) is 16.9. The fourth-order valence-corrected chi connectivity index (χ4v) is 3.48. The summed E-state index contributed by atoms with van der Waals surface area (Å²) in [5.41, 5.74) is 3.54. The number of rotatable bonds is 7. The molecule has 0 radical (unpaired) electrons. The van der Waals surface area contributed by atoms with Crippen LogP contribution in [0.15, 0.2) is 53.5 Å². The Bertz CT molecular complexity index is 776. The lowest BCUT2D eigenvalue weighted by molar-refractivity contribution is 0.185. The van der Waals surface area contributed by atoms with Crippen molar-refractivity contribution in [1.29, 1.82) is 0 Å². The van der Waals surface area contributed by atoms with Gasteiger partial charge in [-0.05, 0) is 29.7 Å². The molecule has 1 atom stereocenters. The molecule has 2 N–H and O–H groups in total. The van der Waals surface area contributed by atoms with Crippen molar-refractivity contribution in [3.63, 3.8) is 0 Å². The van der Waals surface area contributed by atoms with Gasteiger partial charge in [-0.3, -0.25) is 4.99 Å². The Hall–Kier alpha value is -2.73. The zero-order chi connectivity index (χ0) is 19.8. The summed E-state index contributed by atoms with van der Waals surface area (Å²) in [7, 11) is 5.24. The van der Waals surface area contributed by atoms with E-state index in [4.69, 9.17) is 9.47 Å². The van der Waals surface area contributed by atoms with Crippen molar-refractivity contribution in [2.24, 2.45) is 4.99 Å². The van der Waals surface area contributed by atoms with Gasteiger partial charge in [-0.2, -0.15) is 0 Å². The maximum atomic E-state index is 5.50. The van der Waals surface area contributed by atoms with E-state index >= 15 is 0 Å². The minimum atomic E-state index is 0.347. The van der Waals surface area contributed by atoms with E-state index in [9.17, 15) is 0 Å². The molecule has 0 spiro atoms. The van der Waals surface area contributed by atoms with Gasteiger partial charge in [0, 0.05) is 39.8 Å². The van der Waals surface area contributed by atoms with Crippen LogP contribution < -0.4 is 20.3 Å². The Kier molecular flexibility index (Phi) is 7.14. The molecule has 0 bridgehead atoms. The zero-order valence-corrected chi connectivity index (χ0v) is 16.9. The molecule has 1 saturated heterocycles. The number of anilines is 1. The van der Waals surface area contributed by atoms with Crippen molar-refractivity contribution >= 4 is 11.6 Å². The second-order valence-corrected chi connectivity index (χ2v) is 6.92. The molecule has 1 unspecified atom stereocenters. The quantitative estimate of drug-likeness (QED) is 0.570. The van der Waals surface area contributed by atoms with Crippen LogP contribution in [-0.4, -0.2) is 46.4 Å². The molecule has 0 aliphatic carbocycles. The monoisotopic (exact) mass is 382 g/mol. The summed E-state index contributed by atoms with van der Waals surface area (Å²) < 4.78 is 10.7. The number of methoxy groups -OCH3 is 2. The lowest BCUT2D eigenvalue weighted by Gasteiger charge is -2.22. The predicted octanol–water partition coefficient (Wildman–Crippen LogP) is 2.79. The molecule has 28 heavy (non-hydrogen) atoms. The third kappa shape index (κ3) is 5.16. The Balaban J connectivity index is 1.51. The van der Waals surface area contributed by atoms with Gasteiger partial charge in [-0.1, -0.05) is 36.4 Å². The SMILES string of the molecule is CN=C(NCc1ccc(COC)cc1)NC1CCN(c2ccccc2OC)C1. The second kappa shape index (κ2) is 9.99. The first kappa shape index (κ1) is 20.0. The van der Waals surface area contributed by atoms with E-state index in [2.05, 4.69) is 56.9 Å².